The summed E-state index contributed by atoms with van der Waals surface area (Å²) in [5, 5.41) is 11.6. The van der Waals surface area contributed by atoms with E-state index in [-0.39, 0.29) is 17.3 Å². The summed E-state index contributed by atoms with van der Waals surface area (Å²) in [6.07, 6.45) is 0. The number of aliphatic hydroxyl groups excluding tert-OH is 1. The summed E-state index contributed by atoms with van der Waals surface area (Å²) in [6.45, 7) is 5.45. The largest absolute Gasteiger partial charge is 0.503 e. The molecule has 0 saturated heterocycles. The number of carbonyl (C=O) groups is 2. The van der Waals surface area contributed by atoms with Crippen LogP contribution in [0.5, 0.6) is 0 Å². The number of Topliss-reactive ketones (excluding diaryl/α,β-unsaturated/α-hetero) is 1. The molecule has 1 atom stereocenters. The number of nitrogens with zero attached hydrogens (tertiary/aromatic N) is 2. The van der Waals surface area contributed by atoms with Crippen molar-refractivity contribution in [2.45, 2.75) is 26.8 Å². The van der Waals surface area contributed by atoms with Crippen LogP contribution in [0.1, 0.15) is 31.0 Å². The van der Waals surface area contributed by atoms with Gasteiger partial charge in [-0.3, -0.25) is 14.5 Å². The van der Waals surface area contributed by atoms with Crippen molar-refractivity contribution in [3.8, 4) is 0 Å². The zero-order valence-corrected chi connectivity index (χ0v) is 17.7. The van der Waals surface area contributed by atoms with Crippen LogP contribution >= 0.6 is 22.9 Å². The van der Waals surface area contributed by atoms with Crippen molar-refractivity contribution >= 4 is 50.0 Å². The van der Waals surface area contributed by atoms with Gasteiger partial charge in [-0.1, -0.05) is 66.6 Å². The van der Waals surface area contributed by atoms with Crippen LogP contribution < -0.4 is 4.90 Å². The SMILES string of the molecule is Cc1cccc(C2C(C(=O)C(C)C)=C(O)C(=O)N2c2nc3ccc(Cl)cc3s2)c1. The number of amides is 1. The maximum atomic E-state index is 13.1. The molecule has 5 nitrogen and oxygen atoms in total. The van der Waals surface area contributed by atoms with Crippen molar-refractivity contribution in [2.24, 2.45) is 5.92 Å². The van der Waals surface area contributed by atoms with Gasteiger partial charge >= 0.3 is 0 Å². The number of rotatable bonds is 4. The highest BCUT2D eigenvalue weighted by molar-refractivity contribution is 7.22. The van der Waals surface area contributed by atoms with Crippen molar-refractivity contribution in [3.05, 3.63) is 69.9 Å². The lowest BCUT2D eigenvalue weighted by Gasteiger charge is -2.25. The average Bonchev–Trinajstić information content (AvgIpc) is 3.19. The van der Waals surface area contributed by atoms with Gasteiger partial charge in [-0.05, 0) is 30.7 Å². The fourth-order valence-electron chi connectivity index (χ4n) is 3.51. The van der Waals surface area contributed by atoms with Crippen LogP contribution in [0.2, 0.25) is 5.02 Å². The predicted octanol–water partition coefficient (Wildman–Crippen LogP) is 5.38. The summed E-state index contributed by atoms with van der Waals surface area (Å²) < 4.78 is 0.825. The smallest absolute Gasteiger partial charge is 0.296 e. The number of ketones is 1. The minimum atomic E-state index is -0.728. The van der Waals surface area contributed by atoms with Crippen molar-refractivity contribution in [1.82, 2.24) is 4.98 Å². The summed E-state index contributed by atoms with van der Waals surface area (Å²) in [7, 11) is 0. The molecule has 1 amide bonds. The zero-order chi connectivity index (χ0) is 20.9. The molecule has 2 aromatic carbocycles. The zero-order valence-electron chi connectivity index (χ0n) is 16.1. The minimum Gasteiger partial charge on any atom is -0.503 e. The second-order valence-electron chi connectivity index (χ2n) is 7.38. The van der Waals surface area contributed by atoms with Crippen LogP contribution in [0.25, 0.3) is 10.2 Å². The number of fused-ring (bicyclic) bond motifs is 1. The molecule has 0 bridgehead atoms. The molecular formula is C22H19ClN2O3S. The lowest BCUT2D eigenvalue weighted by molar-refractivity contribution is -0.119. The number of halogens is 1. The Kier molecular flexibility index (Phi) is 4.92. The summed E-state index contributed by atoms with van der Waals surface area (Å²) in [5.41, 5.74) is 2.57. The Hall–Kier alpha value is -2.70. The van der Waals surface area contributed by atoms with Gasteiger partial charge in [0.25, 0.3) is 5.91 Å². The highest BCUT2D eigenvalue weighted by Crippen LogP contribution is 2.44. The summed E-state index contributed by atoms with van der Waals surface area (Å²) in [6, 6.07) is 12.2. The Morgan fingerprint density at radius 1 is 1.24 bits per heavy atom. The normalized spacial score (nSPS) is 17.1. The van der Waals surface area contributed by atoms with Crippen LogP contribution in [0.15, 0.2) is 53.8 Å². The van der Waals surface area contributed by atoms with Gasteiger partial charge in [0.1, 0.15) is 0 Å². The fraction of sp³-hybridized carbons (Fsp3) is 0.227. The molecule has 4 rings (SSSR count). The predicted molar refractivity (Wildman–Crippen MR) is 116 cm³/mol. The number of hydrogen-bond acceptors (Lipinski definition) is 5. The molecule has 1 aliphatic rings. The van der Waals surface area contributed by atoms with Crippen LogP contribution in [-0.4, -0.2) is 21.8 Å². The van der Waals surface area contributed by atoms with E-state index in [2.05, 4.69) is 4.98 Å². The first kappa shape index (κ1) is 19.6. The molecule has 148 valence electrons. The molecule has 1 unspecified atom stereocenters. The van der Waals surface area contributed by atoms with Crippen molar-refractivity contribution < 1.29 is 14.7 Å². The van der Waals surface area contributed by atoms with E-state index in [1.165, 1.54) is 16.2 Å². The average molecular weight is 427 g/mol. The molecule has 1 aliphatic heterocycles. The number of thiazole rings is 1. The third-order valence-electron chi connectivity index (χ3n) is 4.90. The van der Waals surface area contributed by atoms with E-state index in [4.69, 9.17) is 11.6 Å². The quantitative estimate of drug-likeness (QED) is 0.607. The highest BCUT2D eigenvalue weighted by atomic mass is 35.5. The Labute approximate surface area is 177 Å². The number of aromatic nitrogens is 1. The van der Waals surface area contributed by atoms with E-state index < -0.39 is 17.7 Å². The van der Waals surface area contributed by atoms with Crippen molar-refractivity contribution in [3.63, 3.8) is 0 Å². The summed E-state index contributed by atoms with van der Waals surface area (Å²) in [4.78, 5) is 32.0. The molecule has 0 radical (unpaired) electrons. The van der Waals surface area contributed by atoms with E-state index in [1.54, 1.807) is 32.0 Å². The third-order valence-corrected chi connectivity index (χ3v) is 6.15. The molecule has 0 aliphatic carbocycles. The number of benzene rings is 2. The number of carbonyl (C=O) groups excluding carboxylic acids is 2. The molecule has 2 heterocycles. The van der Waals surface area contributed by atoms with Crippen molar-refractivity contribution in [2.75, 3.05) is 4.90 Å². The van der Waals surface area contributed by atoms with Crippen LogP contribution in [0.4, 0.5) is 5.13 Å². The molecular weight excluding hydrogens is 408 g/mol. The molecule has 0 saturated carbocycles. The first-order chi connectivity index (χ1) is 13.8. The van der Waals surface area contributed by atoms with E-state index in [0.29, 0.717) is 15.7 Å². The topological polar surface area (TPSA) is 70.5 Å². The Balaban J connectivity index is 1.91. The first-order valence-corrected chi connectivity index (χ1v) is 10.4. The van der Waals surface area contributed by atoms with Gasteiger partial charge in [-0.15, -0.1) is 0 Å². The maximum absolute atomic E-state index is 13.1. The van der Waals surface area contributed by atoms with Crippen molar-refractivity contribution in [1.29, 1.82) is 0 Å². The number of aryl methyl sites for hydroxylation is 1. The highest BCUT2D eigenvalue weighted by Gasteiger charge is 2.46. The lowest BCUT2D eigenvalue weighted by atomic mass is 9.91. The standard InChI is InChI=1S/C22H19ClN2O3S/c1-11(2)19(26)17-18(13-6-4-5-12(3)9-13)25(21(28)20(17)27)22-24-15-8-7-14(23)10-16(15)29-22/h4-11,18,27H,1-3H3. The molecule has 1 aromatic heterocycles. The molecule has 7 heteroatoms. The van der Waals surface area contributed by atoms with Crippen LogP contribution in [0, 0.1) is 12.8 Å². The van der Waals surface area contributed by atoms with Gasteiger partial charge in [0.15, 0.2) is 16.7 Å². The van der Waals surface area contributed by atoms with Gasteiger partial charge in [0.05, 0.1) is 21.8 Å². The first-order valence-electron chi connectivity index (χ1n) is 9.21. The lowest BCUT2D eigenvalue weighted by Crippen LogP contribution is -2.31. The summed E-state index contributed by atoms with van der Waals surface area (Å²) in [5.74, 6) is -1.74. The molecule has 0 spiro atoms. The molecule has 0 fully saturated rings. The maximum Gasteiger partial charge on any atom is 0.296 e. The van der Waals surface area contributed by atoms with Crippen LogP contribution in [-0.2, 0) is 9.59 Å². The molecule has 29 heavy (non-hydrogen) atoms. The van der Waals surface area contributed by atoms with Gasteiger partial charge in [0, 0.05) is 10.9 Å². The van der Waals surface area contributed by atoms with E-state index in [1.807, 2.05) is 31.2 Å². The van der Waals surface area contributed by atoms with Gasteiger partial charge < -0.3 is 5.11 Å². The van der Waals surface area contributed by atoms with Gasteiger partial charge in [-0.25, -0.2) is 4.98 Å². The Morgan fingerprint density at radius 3 is 2.69 bits per heavy atom. The summed E-state index contributed by atoms with van der Waals surface area (Å²) >= 11 is 7.39. The monoisotopic (exact) mass is 426 g/mol. The number of anilines is 1. The second kappa shape index (κ2) is 7.28. The Morgan fingerprint density at radius 2 is 2.00 bits per heavy atom. The molecule has 1 N–H and O–H groups in total. The minimum absolute atomic E-state index is 0.118. The van der Waals surface area contributed by atoms with E-state index in [0.717, 1.165) is 15.8 Å². The Bertz CT molecular complexity index is 1180. The number of aliphatic hydroxyl groups is 1. The number of hydrogen-bond donors (Lipinski definition) is 1. The van der Waals surface area contributed by atoms with E-state index >= 15 is 0 Å². The van der Waals surface area contributed by atoms with Gasteiger partial charge in [-0.2, -0.15) is 0 Å². The van der Waals surface area contributed by atoms with Crippen LogP contribution in [0.3, 0.4) is 0 Å². The molecule has 3 aromatic rings. The van der Waals surface area contributed by atoms with Gasteiger partial charge in [0.2, 0.25) is 0 Å². The third kappa shape index (κ3) is 3.32. The van der Waals surface area contributed by atoms with E-state index in [9.17, 15) is 14.7 Å². The second-order valence-corrected chi connectivity index (χ2v) is 8.83. The fourth-order valence-corrected chi connectivity index (χ4v) is 4.78.